The van der Waals surface area contributed by atoms with E-state index >= 15 is 0 Å². The van der Waals surface area contributed by atoms with Crippen LogP contribution in [0.1, 0.15) is 84.3 Å². The van der Waals surface area contributed by atoms with Crippen LogP contribution in [0.2, 0.25) is 0 Å². The third-order valence-corrected chi connectivity index (χ3v) is 8.78. The topological polar surface area (TPSA) is 173 Å². The molecule has 0 saturated heterocycles. The molecule has 6 rings (SSSR count). The summed E-state index contributed by atoms with van der Waals surface area (Å²) in [6, 6.07) is 23.6. The highest BCUT2D eigenvalue weighted by molar-refractivity contribution is 5.81. The van der Waals surface area contributed by atoms with Crippen LogP contribution < -0.4 is 0 Å². The Morgan fingerprint density at radius 3 is 1.57 bits per heavy atom. The molecular weight excluding hydrogens is 552 g/mol. The lowest BCUT2D eigenvalue weighted by Gasteiger charge is -2.41. The first kappa shape index (κ1) is 28.2. The molecule has 0 bridgehead atoms. The minimum Gasteiger partial charge on any atom is -0.469 e. The number of fused-ring (bicyclic) bond motifs is 6. The van der Waals surface area contributed by atoms with E-state index in [2.05, 4.69) is 16.9 Å². The molecule has 0 amide bonds. The molecule has 0 N–H and O–H groups in total. The summed E-state index contributed by atoms with van der Waals surface area (Å²) in [5.41, 5.74) is 3.46. The van der Waals surface area contributed by atoms with Gasteiger partial charge < -0.3 is 4.74 Å². The Hall–Kier alpha value is -5.97. The molecule has 2 unspecified atom stereocenters. The van der Waals surface area contributed by atoms with E-state index in [0.29, 0.717) is 35.6 Å². The van der Waals surface area contributed by atoms with Crippen molar-refractivity contribution in [3.8, 4) is 46.8 Å². The molecule has 2 aromatic heterocycles. The van der Waals surface area contributed by atoms with Crippen molar-refractivity contribution < 1.29 is 9.53 Å². The Bertz CT molecular complexity index is 2040. The second kappa shape index (κ2) is 10.7. The Labute approximate surface area is 253 Å². The van der Waals surface area contributed by atoms with Crippen LogP contribution in [0.5, 0.6) is 0 Å². The van der Waals surface area contributed by atoms with Crippen LogP contribution in [0.3, 0.4) is 0 Å². The molecule has 44 heavy (non-hydrogen) atoms. The first-order valence-electron chi connectivity index (χ1n) is 14.1. The zero-order valence-corrected chi connectivity index (χ0v) is 24.0. The van der Waals surface area contributed by atoms with E-state index < -0.39 is 16.8 Å². The number of aromatic nitrogens is 4. The number of methoxy groups -OCH3 is 1. The standard InChI is InChI=1S/C34H24N8O2/c1-3-13-33(22-10-6-4-8-20(22)29-31(33)41-26(17-37)24(15-35)39-29)19-34(14-12-28(43)44-2)23-11-7-5-9-21(23)30-32(34)42-27(18-38)25(16-36)40-30/h4-11H,3,12-14,19H2,1-2H3. The van der Waals surface area contributed by atoms with E-state index in [1.165, 1.54) is 7.11 Å². The van der Waals surface area contributed by atoms with E-state index in [4.69, 9.17) is 14.7 Å². The van der Waals surface area contributed by atoms with Crippen molar-refractivity contribution in [2.24, 2.45) is 0 Å². The van der Waals surface area contributed by atoms with E-state index in [9.17, 15) is 25.8 Å². The summed E-state index contributed by atoms with van der Waals surface area (Å²) in [7, 11) is 1.34. The van der Waals surface area contributed by atoms with Crippen molar-refractivity contribution in [3.05, 3.63) is 93.8 Å². The first-order valence-corrected chi connectivity index (χ1v) is 14.1. The molecule has 4 aromatic rings. The summed E-state index contributed by atoms with van der Waals surface area (Å²) in [6.45, 7) is 2.06. The smallest absolute Gasteiger partial charge is 0.305 e. The average Bonchev–Trinajstić information content (AvgIpc) is 3.48. The molecular formula is C34H24N8O2. The molecule has 2 aliphatic rings. The Morgan fingerprint density at radius 1 is 0.705 bits per heavy atom. The quantitative estimate of drug-likeness (QED) is 0.268. The van der Waals surface area contributed by atoms with Gasteiger partial charge in [-0.05, 0) is 30.4 Å². The van der Waals surface area contributed by atoms with Crippen LogP contribution in [0.15, 0.2) is 48.5 Å². The molecule has 2 aliphatic carbocycles. The molecule has 0 fully saturated rings. The van der Waals surface area contributed by atoms with Crippen molar-refractivity contribution in [1.29, 1.82) is 21.0 Å². The summed E-state index contributed by atoms with van der Waals surface area (Å²) < 4.78 is 5.06. The Balaban J connectivity index is 1.71. The van der Waals surface area contributed by atoms with Crippen molar-refractivity contribution in [1.82, 2.24) is 19.9 Å². The molecule has 2 aromatic carbocycles. The monoisotopic (exact) mass is 576 g/mol. The molecule has 10 nitrogen and oxygen atoms in total. The van der Waals surface area contributed by atoms with Crippen molar-refractivity contribution in [2.45, 2.75) is 49.9 Å². The fourth-order valence-electron chi connectivity index (χ4n) is 7.09. The van der Waals surface area contributed by atoms with Gasteiger partial charge in [0, 0.05) is 28.4 Å². The van der Waals surface area contributed by atoms with E-state index in [1.54, 1.807) is 0 Å². The van der Waals surface area contributed by atoms with Gasteiger partial charge in [0.25, 0.3) is 0 Å². The number of rotatable bonds is 7. The van der Waals surface area contributed by atoms with Gasteiger partial charge in [-0.1, -0.05) is 61.9 Å². The van der Waals surface area contributed by atoms with Gasteiger partial charge in [0.05, 0.1) is 29.9 Å². The molecule has 2 atom stereocenters. The number of esters is 1. The van der Waals surface area contributed by atoms with Gasteiger partial charge in [-0.25, -0.2) is 19.9 Å². The number of carbonyl (C=O) groups excluding carboxylic acids is 1. The first-order chi connectivity index (χ1) is 21.4. The highest BCUT2D eigenvalue weighted by Gasteiger charge is 2.55. The average molecular weight is 577 g/mol. The van der Waals surface area contributed by atoms with Gasteiger partial charge >= 0.3 is 5.97 Å². The van der Waals surface area contributed by atoms with Crippen LogP contribution in [-0.4, -0.2) is 33.0 Å². The second-order valence-electron chi connectivity index (χ2n) is 10.9. The number of hydrogen-bond acceptors (Lipinski definition) is 10. The zero-order chi connectivity index (χ0) is 31.1. The van der Waals surface area contributed by atoms with Crippen LogP contribution >= 0.6 is 0 Å². The molecule has 2 heterocycles. The van der Waals surface area contributed by atoms with Crippen LogP contribution in [0, 0.1) is 45.3 Å². The molecule has 0 spiro atoms. The number of benzene rings is 2. The highest BCUT2D eigenvalue weighted by atomic mass is 16.5. The molecule has 10 heteroatoms. The van der Waals surface area contributed by atoms with Crippen molar-refractivity contribution in [3.63, 3.8) is 0 Å². The fourth-order valence-corrected chi connectivity index (χ4v) is 7.09. The number of nitrogens with zero attached hydrogens (tertiary/aromatic N) is 8. The minimum absolute atomic E-state index is 0.0427. The lowest BCUT2D eigenvalue weighted by Crippen LogP contribution is -2.39. The number of carbonyl (C=O) groups is 1. The maximum atomic E-state index is 12.7. The Morgan fingerprint density at radius 2 is 1.14 bits per heavy atom. The summed E-state index contributed by atoms with van der Waals surface area (Å²) in [4.78, 5) is 31.6. The predicted molar refractivity (Wildman–Crippen MR) is 156 cm³/mol. The molecule has 0 radical (unpaired) electrons. The number of ether oxygens (including phenoxy) is 1. The van der Waals surface area contributed by atoms with Crippen LogP contribution in [0.4, 0.5) is 0 Å². The summed E-state index contributed by atoms with van der Waals surface area (Å²) in [5, 5.41) is 39.5. The summed E-state index contributed by atoms with van der Waals surface area (Å²) >= 11 is 0. The maximum absolute atomic E-state index is 12.7. The van der Waals surface area contributed by atoms with E-state index in [0.717, 1.165) is 28.7 Å². The SMILES string of the molecule is CCCC1(CC2(CCC(=O)OC)c3ccccc3-c3nc(C#N)c(C#N)nc32)c2ccccc2-c2nc(C#N)c(C#N)nc21. The molecule has 212 valence electrons. The minimum atomic E-state index is -0.973. The summed E-state index contributed by atoms with van der Waals surface area (Å²) in [6.07, 6.45) is 2.01. The van der Waals surface area contributed by atoms with Gasteiger partial charge in [-0.15, -0.1) is 0 Å². The molecule has 0 aliphatic heterocycles. The number of hydrogen-bond donors (Lipinski definition) is 0. The number of nitriles is 4. The van der Waals surface area contributed by atoms with Gasteiger partial charge in [0.1, 0.15) is 24.3 Å². The second-order valence-corrected chi connectivity index (χ2v) is 10.9. The van der Waals surface area contributed by atoms with Gasteiger partial charge in [-0.3, -0.25) is 4.79 Å². The van der Waals surface area contributed by atoms with Gasteiger partial charge in [0.15, 0.2) is 22.8 Å². The van der Waals surface area contributed by atoms with E-state index in [-0.39, 0.29) is 35.6 Å². The van der Waals surface area contributed by atoms with Crippen molar-refractivity contribution in [2.75, 3.05) is 7.11 Å². The normalized spacial score (nSPS) is 18.4. The summed E-state index contributed by atoms with van der Waals surface area (Å²) in [5.74, 6) is -0.403. The van der Waals surface area contributed by atoms with Crippen LogP contribution in [-0.2, 0) is 20.4 Å². The van der Waals surface area contributed by atoms with Crippen LogP contribution in [0.25, 0.3) is 22.5 Å². The highest BCUT2D eigenvalue weighted by Crippen LogP contribution is 2.61. The lowest BCUT2D eigenvalue weighted by atomic mass is 9.61. The lowest BCUT2D eigenvalue weighted by molar-refractivity contribution is -0.141. The predicted octanol–water partition coefficient (Wildman–Crippen LogP) is 5.13. The van der Waals surface area contributed by atoms with Gasteiger partial charge in [0.2, 0.25) is 0 Å². The van der Waals surface area contributed by atoms with Gasteiger partial charge in [-0.2, -0.15) is 21.0 Å². The third kappa shape index (κ3) is 3.93. The van der Waals surface area contributed by atoms with E-state index in [1.807, 2.05) is 72.8 Å². The Kier molecular flexibility index (Phi) is 6.85. The van der Waals surface area contributed by atoms with Crippen molar-refractivity contribution >= 4 is 5.97 Å². The maximum Gasteiger partial charge on any atom is 0.305 e. The zero-order valence-electron chi connectivity index (χ0n) is 24.0. The fraction of sp³-hybridized carbons (Fsp3) is 0.265. The largest absolute Gasteiger partial charge is 0.469 e. The molecule has 0 saturated carbocycles. The third-order valence-electron chi connectivity index (χ3n) is 8.78.